The van der Waals surface area contributed by atoms with Crippen LogP contribution in [0.25, 0.3) is 0 Å². The Hall–Kier alpha value is -1.66. The van der Waals surface area contributed by atoms with Crippen molar-refractivity contribution in [3.05, 3.63) is 12.2 Å². The van der Waals surface area contributed by atoms with Crippen LogP contribution < -0.4 is 0 Å². The van der Waals surface area contributed by atoms with Crippen molar-refractivity contribution in [3.63, 3.8) is 0 Å². The van der Waals surface area contributed by atoms with Crippen molar-refractivity contribution >= 4 is 25.5 Å². The van der Waals surface area contributed by atoms with Crippen molar-refractivity contribution in [1.82, 2.24) is 0 Å². The number of esters is 2. The van der Waals surface area contributed by atoms with E-state index in [9.17, 15) is 34.3 Å². The van der Waals surface area contributed by atoms with Gasteiger partial charge in [0.1, 0.15) is 12.4 Å². The monoisotopic (exact) mass is 875 g/mol. The molecule has 1 aliphatic rings. The van der Waals surface area contributed by atoms with Gasteiger partial charge in [-0.1, -0.05) is 174 Å². The van der Waals surface area contributed by atoms with Crippen molar-refractivity contribution in [2.24, 2.45) is 11.8 Å². The minimum atomic E-state index is -4.85. The van der Waals surface area contributed by atoms with Gasteiger partial charge in [0.15, 0.2) is 6.10 Å². The number of phosphoric acid groups is 1. The quantitative estimate of drug-likeness (QED) is 0.0169. The molecule has 60 heavy (non-hydrogen) atoms. The smallest absolute Gasteiger partial charge is 0.462 e. The molecule has 1 fully saturated rings. The predicted molar refractivity (Wildman–Crippen MR) is 237 cm³/mol. The molecule has 0 spiro atoms. The maximum Gasteiger partial charge on any atom is 0.469 e. The highest BCUT2D eigenvalue weighted by Gasteiger charge is 2.41. The highest BCUT2D eigenvalue weighted by Crippen LogP contribution is 2.37. The summed E-state index contributed by atoms with van der Waals surface area (Å²) in [6, 6.07) is 0. The second kappa shape index (κ2) is 36.8. The number of carbonyl (C=O) groups is 3. The molecule has 352 valence electrons. The Labute approximate surface area is 363 Å². The Kier molecular flexibility index (Phi) is 34.6. The molecule has 0 aromatic rings. The molecule has 1 rings (SSSR count). The first-order valence-electron chi connectivity index (χ1n) is 24.2. The highest BCUT2D eigenvalue weighted by atomic mass is 31.2. The molecule has 1 aliphatic carbocycles. The molecule has 0 aromatic heterocycles. The molecule has 12 nitrogen and oxygen atoms in total. The van der Waals surface area contributed by atoms with Crippen molar-refractivity contribution in [2.45, 2.75) is 244 Å². The van der Waals surface area contributed by atoms with Crippen LogP contribution in [0.4, 0.5) is 0 Å². The molecule has 0 radical (unpaired) electrons. The standard InChI is InChI=1S/C47H87O12P/c1-3-5-7-8-9-10-11-12-13-14-15-16-17-18-19-20-21-22-23-24-26-32-47(53)59-41(38-58-60(54,55)56)37-57-46(52)31-28-27-30-40(49)35-43-42(44(50)36-45(43)51)34-33-39(48)29-25-6-4-2/h33-34,39,41-45,48,50-51H,3-32,35-38H2,1-2H3,(H2,54,55,56)/b34-33+/t39-,41+,42+,43+,44+,45-/m0/s1. The van der Waals surface area contributed by atoms with Crippen LogP contribution in [0, 0.1) is 11.8 Å². The summed E-state index contributed by atoms with van der Waals surface area (Å²) in [6.45, 7) is 3.30. The fourth-order valence-corrected chi connectivity index (χ4v) is 8.44. The summed E-state index contributed by atoms with van der Waals surface area (Å²) in [5.74, 6) is -2.14. The first kappa shape index (κ1) is 56.4. The van der Waals surface area contributed by atoms with Crippen LogP contribution >= 0.6 is 7.82 Å². The summed E-state index contributed by atoms with van der Waals surface area (Å²) in [5.41, 5.74) is 0. The van der Waals surface area contributed by atoms with E-state index < -0.39 is 69.2 Å². The Morgan fingerprint density at radius 3 is 1.58 bits per heavy atom. The van der Waals surface area contributed by atoms with Gasteiger partial charge in [0, 0.05) is 43.9 Å². The van der Waals surface area contributed by atoms with E-state index in [-0.39, 0.29) is 37.9 Å². The summed E-state index contributed by atoms with van der Waals surface area (Å²) in [5, 5.41) is 31.2. The molecule has 5 N–H and O–H groups in total. The summed E-state index contributed by atoms with van der Waals surface area (Å²) in [7, 11) is -4.85. The SMILES string of the molecule is CCCCCCCCCCCCCCCCCCCCCCCC(=O)O[C@H](COC(=O)CCCCC(=O)C[C@@H]1[C@@H](/C=C/[C@@H](O)CCCCC)[C@H](O)C[C@@H]1O)COP(=O)(O)O. The Morgan fingerprint density at radius 1 is 0.617 bits per heavy atom. The van der Waals surface area contributed by atoms with Crippen LogP contribution in [-0.2, 0) is 32.9 Å². The third-order valence-corrected chi connectivity index (χ3v) is 12.3. The third-order valence-electron chi connectivity index (χ3n) is 11.8. The average molecular weight is 875 g/mol. The van der Waals surface area contributed by atoms with E-state index in [4.69, 9.17) is 19.3 Å². The zero-order valence-corrected chi connectivity index (χ0v) is 38.6. The van der Waals surface area contributed by atoms with Gasteiger partial charge in [0.05, 0.1) is 24.9 Å². The largest absolute Gasteiger partial charge is 0.469 e. The van der Waals surface area contributed by atoms with Crippen molar-refractivity contribution < 1.29 is 58.1 Å². The van der Waals surface area contributed by atoms with Gasteiger partial charge < -0.3 is 34.6 Å². The van der Waals surface area contributed by atoms with E-state index in [0.717, 1.165) is 38.5 Å². The molecule has 0 saturated heterocycles. The van der Waals surface area contributed by atoms with Crippen LogP contribution in [-0.4, -0.2) is 80.5 Å². The van der Waals surface area contributed by atoms with Crippen molar-refractivity contribution in [2.75, 3.05) is 13.2 Å². The van der Waals surface area contributed by atoms with Crippen molar-refractivity contribution in [3.8, 4) is 0 Å². The number of carbonyl (C=O) groups excluding carboxylic acids is 3. The summed E-state index contributed by atoms with van der Waals surface area (Å²) < 4.78 is 26.4. The Balaban J connectivity index is 2.20. The van der Waals surface area contributed by atoms with Gasteiger partial charge in [0.25, 0.3) is 0 Å². The lowest BCUT2D eigenvalue weighted by molar-refractivity contribution is -0.161. The van der Waals surface area contributed by atoms with Crippen LogP contribution in [0.3, 0.4) is 0 Å². The number of Topliss-reactive ketones (excluding diaryl/α,β-unsaturated/α-hetero) is 1. The maximum absolute atomic E-state index is 12.8. The zero-order chi connectivity index (χ0) is 44.3. The molecule has 6 atom stereocenters. The van der Waals surface area contributed by atoms with Gasteiger partial charge in [-0.2, -0.15) is 0 Å². The number of hydrogen-bond donors (Lipinski definition) is 5. The summed E-state index contributed by atoms with van der Waals surface area (Å²) in [6.07, 6.45) is 31.4. The van der Waals surface area contributed by atoms with Crippen LogP contribution in [0.5, 0.6) is 0 Å². The molecule has 0 bridgehead atoms. The number of phosphoric ester groups is 1. The van der Waals surface area contributed by atoms with Gasteiger partial charge in [-0.25, -0.2) is 4.57 Å². The van der Waals surface area contributed by atoms with E-state index in [1.165, 1.54) is 109 Å². The normalized spacial score (nSPS) is 19.2. The van der Waals surface area contributed by atoms with Gasteiger partial charge in [-0.05, 0) is 25.7 Å². The molecule has 0 amide bonds. The molecule has 0 unspecified atom stereocenters. The fourth-order valence-electron chi connectivity index (χ4n) is 8.08. The van der Waals surface area contributed by atoms with E-state index >= 15 is 0 Å². The van der Waals surface area contributed by atoms with Gasteiger partial charge in [0.2, 0.25) is 0 Å². The van der Waals surface area contributed by atoms with E-state index in [2.05, 4.69) is 18.4 Å². The van der Waals surface area contributed by atoms with Gasteiger partial charge in [-0.3, -0.25) is 18.9 Å². The number of ketones is 1. The maximum atomic E-state index is 12.8. The summed E-state index contributed by atoms with van der Waals surface area (Å²) in [4.78, 5) is 56.0. The van der Waals surface area contributed by atoms with Gasteiger partial charge >= 0.3 is 19.8 Å². The molecule has 0 heterocycles. The van der Waals surface area contributed by atoms with Crippen LogP contribution in [0.2, 0.25) is 0 Å². The minimum absolute atomic E-state index is 0.0151. The molecule has 1 saturated carbocycles. The molecular weight excluding hydrogens is 787 g/mol. The topological polar surface area (TPSA) is 197 Å². The number of hydrogen-bond acceptors (Lipinski definition) is 10. The zero-order valence-electron chi connectivity index (χ0n) is 37.7. The third kappa shape index (κ3) is 32.1. The van der Waals surface area contributed by atoms with Gasteiger partial charge in [-0.15, -0.1) is 0 Å². The second-order valence-corrected chi connectivity index (χ2v) is 18.7. The average Bonchev–Trinajstić information content (AvgIpc) is 3.47. The number of aliphatic hydroxyl groups excluding tert-OH is 3. The lowest BCUT2D eigenvalue weighted by Crippen LogP contribution is -2.29. The summed E-state index contributed by atoms with van der Waals surface area (Å²) >= 11 is 0. The predicted octanol–water partition coefficient (Wildman–Crippen LogP) is 10.5. The highest BCUT2D eigenvalue weighted by molar-refractivity contribution is 7.46. The van der Waals surface area contributed by atoms with Crippen LogP contribution in [0.1, 0.15) is 219 Å². The first-order chi connectivity index (χ1) is 28.9. The number of rotatable bonds is 41. The van der Waals surface area contributed by atoms with Crippen LogP contribution in [0.15, 0.2) is 12.2 Å². The molecule has 0 aromatic carbocycles. The van der Waals surface area contributed by atoms with E-state index in [1.54, 1.807) is 12.2 Å². The lowest BCUT2D eigenvalue weighted by Gasteiger charge is -2.20. The second-order valence-electron chi connectivity index (χ2n) is 17.4. The van der Waals surface area contributed by atoms with Crippen molar-refractivity contribution in [1.29, 1.82) is 0 Å². The first-order valence-corrected chi connectivity index (χ1v) is 25.7. The Morgan fingerprint density at radius 2 is 1.07 bits per heavy atom. The van der Waals surface area contributed by atoms with E-state index in [1.807, 2.05) is 0 Å². The number of ether oxygens (including phenoxy) is 2. The number of unbranched alkanes of at least 4 members (excludes halogenated alkanes) is 23. The lowest BCUT2D eigenvalue weighted by atomic mass is 9.87. The number of aliphatic hydroxyl groups is 3. The van der Waals surface area contributed by atoms with E-state index in [0.29, 0.717) is 25.7 Å². The molecular formula is C47H87O12P. The molecule has 0 aliphatic heterocycles. The molecule has 13 heteroatoms. The Bertz CT molecular complexity index is 1160. The fraction of sp³-hybridized carbons (Fsp3) is 0.894. The minimum Gasteiger partial charge on any atom is -0.462 e.